The molecule has 0 aromatic heterocycles. The van der Waals surface area contributed by atoms with Crippen molar-refractivity contribution in [2.75, 3.05) is 20.2 Å². The minimum absolute atomic E-state index is 0.226. The van der Waals surface area contributed by atoms with Crippen molar-refractivity contribution in [3.05, 3.63) is 29.8 Å². The van der Waals surface area contributed by atoms with Gasteiger partial charge in [-0.3, -0.25) is 9.69 Å². The lowest BCUT2D eigenvalue weighted by atomic mass is 9.97. The highest BCUT2D eigenvalue weighted by atomic mass is 16.5. The number of hydrogen-bond donors (Lipinski definition) is 0. The van der Waals surface area contributed by atoms with E-state index >= 15 is 0 Å². The number of benzene rings is 1. The van der Waals surface area contributed by atoms with E-state index in [0.717, 1.165) is 18.8 Å². The first-order valence-corrected chi connectivity index (χ1v) is 7.08. The molecule has 3 heteroatoms. The zero-order chi connectivity index (χ0) is 13.7. The van der Waals surface area contributed by atoms with E-state index in [1.807, 2.05) is 12.1 Å². The summed E-state index contributed by atoms with van der Waals surface area (Å²) in [6.45, 7) is 3.88. The Morgan fingerprint density at radius 2 is 1.84 bits per heavy atom. The standard InChI is InChI=1S/C16H23NO2/c1-13(18)12-16(17-10-4-3-5-11-17)14-6-8-15(19-2)9-7-14/h6-9,16H,3-5,10-12H2,1-2H3. The Morgan fingerprint density at radius 3 is 2.37 bits per heavy atom. The third-order valence-electron chi connectivity index (χ3n) is 3.81. The van der Waals surface area contributed by atoms with Gasteiger partial charge in [0.1, 0.15) is 11.5 Å². The van der Waals surface area contributed by atoms with Gasteiger partial charge in [-0.05, 0) is 50.6 Å². The topological polar surface area (TPSA) is 29.5 Å². The van der Waals surface area contributed by atoms with E-state index in [1.165, 1.54) is 24.8 Å². The van der Waals surface area contributed by atoms with Crippen molar-refractivity contribution in [2.45, 2.75) is 38.6 Å². The first kappa shape index (κ1) is 14.1. The number of carbonyl (C=O) groups is 1. The summed E-state index contributed by atoms with van der Waals surface area (Å²) in [5.41, 5.74) is 1.22. The highest BCUT2D eigenvalue weighted by Gasteiger charge is 2.23. The average Bonchev–Trinajstić information content (AvgIpc) is 2.46. The number of ether oxygens (including phenoxy) is 1. The van der Waals surface area contributed by atoms with Gasteiger partial charge in [0.15, 0.2) is 0 Å². The molecule has 0 spiro atoms. The number of carbonyl (C=O) groups excluding carboxylic acids is 1. The number of methoxy groups -OCH3 is 1. The van der Waals surface area contributed by atoms with Gasteiger partial charge >= 0.3 is 0 Å². The van der Waals surface area contributed by atoms with Crippen molar-refractivity contribution in [3.63, 3.8) is 0 Å². The molecule has 1 aliphatic heterocycles. The van der Waals surface area contributed by atoms with Gasteiger partial charge in [-0.2, -0.15) is 0 Å². The molecule has 3 nitrogen and oxygen atoms in total. The van der Waals surface area contributed by atoms with Gasteiger partial charge in [0.2, 0.25) is 0 Å². The fourth-order valence-corrected chi connectivity index (χ4v) is 2.79. The van der Waals surface area contributed by atoms with Gasteiger partial charge in [-0.15, -0.1) is 0 Å². The van der Waals surface area contributed by atoms with Gasteiger partial charge in [-0.25, -0.2) is 0 Å². The Hall–Kier alpha value is -1.35. The van der Waals surface area contributed by atoms with Crippen LogP contribution in [0.5, 0.6) is 5.75 Å². The Kier molecular flexibility index (Phi) is 4.97. The Bertz CT molecular complexity index is 407. The summed E-state index contributed by atoms with van der Waals surface area (Å²) < 4.78 is 5.19. The molecule has 0 amide bonds. The largest absolute Gasteiger partial charge is 0.497 e. The molecule has 2 rings (SSSR count). The zero-order valence-electron chi connectivity index (χ0n) is 11.9. The molecule has 1 aromatic carbocycles. The summed E-state index contributed by atoms with van der Waals surface area (Å²) in [5, 5.41) is 0. The summed E-state index contributed by atoms with van der Waals surface area (Å²) in [6, 6.07) is 8.35. The lowest BCUT2D eigenvalue weighted by molar-refractivity contribution is -0.118. The van der Waals surface area contributed by atoms with Gasteiger partial charge < -0.3 is 4.74 Å². The third-order valence-corrected chi connectivity index (χ3v) is 3.81. The van der Waals surface area contributed by atoms with Crippen LogP contribution >= 0.6 is 0 Å². The highest BCUT2D eigenvalue weighted by molar-refractivity contribution is 5.76. The molecule has 1 unspecified atom stereocenters. The maximum Gasteiger partial charge on any atom is 0.131 e. The van der Waals surface area contributed by atoms with Gasteiger partial charge in [-0.1, -0.05) is 18.6 Å². The second kappa shape index (κ2) is 6.71. The van der Waals surface area contributed by atoms with Crippen LogP contribution in [-0.2, 0) is 4.79 Å². The number of likely N-dealkylation sites (tertiary alicyclic amines) is 1. The normalized spacial score (nSPS) is 18.0. The predicted octanol–water partition coefficient (Wildman–Crippen LogP) is 3.20. The van der Waals surface area contributed by atoms with Gasteiger partial charge in [0, 0.05) is 12.5 Å². The number of nitrogens with zero attached hydrogens (tertiary/aromatic N) is 1. The van der Waals surface area contributed by atoms with Crippen LogP contribution in [0.15, 0.2) is 24.3 Å². The number of rotatable bonds is 5. The fourth-order valence-electron chi connectivity index (χ4n) is 2.79. The minimum Gasteiger partial charge on any atom is -0.497 e. The van der Waals surface area contributed by atoms with E-state index in [4.69, 9.17) is 4.74 Å². The summed E-state index contributed by atoms with van der Waals surface area (Å²) in [7, 11) is 1.67. The number of hydrogen-bond acceptors (Lipinski definition) is 3. The van der Waals surface area contributed by atoms with Crippen LogP contribution in [0.3, 0.4) is 0 Å². The smallest absolute Gasteiger partial charge is 0.131 e. The monoisotopic (exact) mass is 261 g/mol. The van der Waals surface area contributed by atoms with Gasteiger partial charge in [0.05, 0.1) is 7.11 Å². The quantitative estimate of drug-likeness (QED) is 0.815. The van der Waals surface area contributed by atoms with Crippen molar-refractivity contribution >= 4 is 5.78 Å². The second-order valence-corrected chi connectivity index (χ2v) is 5.29. The molecule has 1 heterocycles. The molecular formula is C16H23NO2. The maximum atomic E-state index is 11.5. The van der Waals surface area contributed by atoms with E-state index in [0.29, 0.717) is 6.42 Å². The summed E-state index contributed by atoms with van der Waals surface area (Å²) >= 11 is 0. The molecule has 1 atom stereocenters. The number of ketones is 1. The molecular weight excluding hydrogens is 238 g/mol. The molecule has 1 saturated heterocycles. The number of Topliss-reactive ketones (excluding diaryl/α,β-unsaturated/α-hetero) is 1. The molecule has 1 fully saturated rings. The van der Waals surface area contributed by atoms with Crippen molar-refractivity contribution < 1.29 is 9.53 Å². The van der Waals surface area contributed by atoms with Crippen molar-refractivity contribution in [1.82, 2.24) is 4.90 Å². The van der Waals surface area contributed by atoms with Crippen LogP contribution in [0.25, 0.3) is 0 Å². The Morgan fingerprint density at radius 1 is 1.21 bits per heavy atom. The van der Waals surface area contributed by atoms with E-state index in [-0.39, 0.29) is 11.8 Å². The first-order chi connectivity index (χ1) is 9.20. The minimum atomic E-state index is 0.226. The lowest BCUT2D eigenvalue weighted by Crippen LogP contribution is -2.34. The predicted molar refractivity (Wildman–Crippen MR) is 76.5 cm³/mol. The molecule has 0 bridgehead atoms. The molecule has 0 saturated carbocycles. The molecule has 0 radical (unpaired) electrons. The van der Waals surface area contributed by atoms with Crippen molar-refractivity contribution in [1.29, 1.82) is 0 Å². The average molecular weight is 261 g/mol. The SMILES string of the molecule is COc1ccc(C(CC(C)=O)N2CCCCC2)cc1. The molecule has 19 heavy (non-hydrogen) atoms. The van der Waals surface area contributed by atoms with Crippen LogP contribution in [-0.4, -0.2) is 30.9 Å². The fraction of sp³-hybridized carbons (Fsp3) is 0.562. The van der Waals surface area contributed by atoms with Crippen molar-refractivity contribution in [2.24, 2.45) is 0 Å². The van der Waals surface area contributed by atoms with Crippen molar-refractivity contribution in [3.8, 4) is 5.75 Å². The Labute approximate surface area is 115 Å². The first-order valence-electron chi connectivity index (χ1n) is 7.08. The van der Waals surface area contributed by atoms with Crippen LogP contribution in [0.1, 0.15) is 44.2 Å². The molecule has 104 valence electrons. The van der Waals surface area contributed by atoms with E-state index in [9.17, 15) is 4.79 Å². The molecule has 0 aliphatic carbocycles. The van der Waals surface area contributed by atoms with E-state index in [1.54, 1.807) is 14.0 Å². The Balaban J connectivity index is 2.17. The van der Waals surface area contributed by atoms with Crippen LogP contribution < -0.4 is 4.74 Å². The highest BCUT2D eigenvalue weighted by Crippen LogP contribution is 2.29. The zero-order valence-corrected chi connectivity index (χ0v) is 11.9. The van der Waals surface area contributed by atoms with Crippen LogP contribution in [0.2, 0.25) is 0 Å². The second-order valence-electron chi connectivity index (χ2n) is 5.29. The molecule has 1 aliphatic rings. The summed E-state index contributed by atoms with van der Waals surface area (Å²) in [6.07, 6.45) is 4.40. The van der Waals surface area contributed by atoms with E-state index in [2.05, 4.69) is 17.0 Å². The third kappa shape index (κ3) is 3.80. The summed E-state index contributed by atoms with van der Waals surface area (Å²) in [4.78, 5) is 14.0. The summed E-state index contributed by atoms with van der Waals surface area (Å²) in [5.74, 6) is 1.12. The van der Waals surface area contributed by atoms with E-state index < -0.39 is 0 Å². The number of piperidine rings is 1. The molecule has 1 aromatic rings. The molecule has 0 N–H and O–H groups in total. The maximum absolute atomic E-state index is 11.5. The van der Waals surface area contributed by atoms with Crippen LogP contribution in [0, 0.1) is 0 Å². The lowest BCUT2D eigenvalue weighted by Gasteiger charge is -2.34. The van der Waals surface area contributed by atoms with Gasteiger partial charge in [0.25, 0.3) is 0 Å². The van der Waals surface area contributed by atoms with Crippen LogP contribution in [0.4, 0.5) is 0 Å².